The minimum absolute atomic E-state index is 1.08. The van der Waals surface area contributed by atoms with E-state index in [1.54, 1.807) is 0 Å². The van der Waals surface area contributed by atoms with Crippen molar-refractivity contribution in [3.05, 3.63) is 255 Å². The van der Waals surface area contributed by atoms with Gasteiger partial charge in [0.05, 0.1) is 5.69 Å². The first-order chi connectivity index (χ1) is 29.8. The number of benzene rings is 10. The number of hydrogen-bond acceptors (Lipinski definition) is 2. The van der Waals surface area contributed by atoms with Gasteiger partial charge in [0.2, 0.25) is 0 Å². The van der Waals surface area contributed by atoms with Crippen LogP contribution in [0.15, 0.2) is 255 Å². The summed E-state index contributed by atoms with van der Waals surface area (Å²) in [5, 5.41) is 2.33. The molecule has 0 bridgehead atoms. The molecule has 284 valence electrons. The van der Waals surface area contributed by atoms with E-state index in [-0.39, 0.29) is 0 Å². The highest BCUT2D eigenvalue weighted by atomic mass is 15.1. The normalized spacial score (nSPS) is 11.0. The van der Waals surface area contributed by atoms with Crippen LogP contribution in [0.3, 0.4) is 0 Å². The number of rotatable bonds is 10. The highest BCUT2D eigenvalue weighted by molar-refractivity contribution is 6.07. The summed E-state index contributed by atoms with van der Waals surface area (Å²) in [5.74, 6) is 0. The van der Waals surface area contributed by atoms with Gasteiger partial charge in [-0.1, -0.05) is 182 Å². The Bertz CT molecular complexity index is 2970. The molecule has 0 aromatic heterocycles. The number of anilines is 6. The van der Waals surface area contributed by atoms with E-state index in [1.165, 1.54) is 38.8 Å². The summed E-state index contributed by atoms with van der Waals surface area (Å²) in [6.07, 6.45) is 0. The Labute approximate surface area is 352 Å². The van der Waals surface area contributed by atoms with Crippen LogP contribution in [-0.4, -0.2) is 0 Å². The average molecular weight is 767 g/mol. The first kappa shape index (κ1) is 36.4. The van der Waals surface area contributed by atoms with Gasteiger partial charge in [-0.25, -0.2) is 0 Å². The van der Waals surface area contributed by atoms with Gasteiger partial charge in [-0.15, -0.1) is 0 Å². The van der Waals surface area contributed by atoms with Gasteiger partial charge in [-0.05, 0) is 123 Å². The van der Waals surface area contributed by atoms with E-state index in [0.717, 1.165) is 50.6 Å². The fourth-order valence-electron chi connectivity index (χ4n) is 8.30. The fourth-order valence-corrected chi connectivity index (χ4v) is 8.30. The molecule has 0 fully saturated rings. The highest BCUT2D eigenvalue weighted by Gasteiger charge is 2.22. The van der Waals surface area contributed by atoms with Crippen molar-refractivity contribution < 1.29 is 0 Å². The van der Waals surface area contributed by atoms with E-state index < -0.39 is 0 Å². The van der Waals surface area contributed by atoms with Crippen LogP contribution in [0.4, 0.5) is 34.1 Å². The molecule has 10 aromatic carbocycles. The Morgan fingerprint density at radius 2 is 0.567 bits per heavy atom. The molecule has 0 atom stereocenters. The molecule has 0 aliphatic carbocycles. The van der Waals surface area contributed by atoms with Crippen LogP contribution >= 0.6 is 0 Å². The molecule has 60 heavy (non-hydrogen) atoms. The molecule has 0 aliphatic rings. The molecule has 0 unspecified atom stereocenters. The third kappa shape index (κ3) is 7.35. The lowest BCUT2D eigenvalue weighted by atomic mass is 9.91. The van der Waals surface area contributed by atoms with Gasteiger partial charge in [0.1, 0.15) is 0 Å². The SMILES string of the molecule is c1ccc(-c2ccc(N(c3ccccc3)c3cc(-c4ccccc4)c4cc(-c5ccccc5)c(N(c5ccccc5)c5ccc(-c6ccccc6)cc5)cc4c3)cc2)cc1. The number of nitrogens with zero attached hydrogens (tertiary/aromatic N) is 2. The average Bonchev–Trinajstić information content (AvgIpc) is 3.33. The maximum absolute atomic E-state index is 2.41. The number of hydrogen-bond donors (Lipinski definition) is 0. The van der Waals surface area contributed by atoms with Crippen LogP contribution < -0.4 is 9.80 Å². The van der Waals surface area contributed by atoms with Crippen LogP contribution in [-0.2, 0) is 0 Å². The van der Waals surface area contributed by atoms with Gasteiger partial charge in [0.25, 0.3) is 0 Å². The van der Waals surface area contributed by atoms with E-state index in [2.05, 4.69) is 265 Å². The highest BCUT2D eigenvalue weighted by Crippen LogP contribution is 2.47. The third-order valence-corrected chi connectivity index (χ3v) is 11.2. The summed E-state index contributed by atoms with van der Waals surface area (Å²) >= 11 is 0. The van der Waals surface area contributed by atoms with Crippen LogP contribution in [0.5, 0.6) is 0 Å². The van der Waals surface area contributed by atoms with Gasteiger partial charge < -0.3 is 9.80 Å². The van der Waals surface area contributed by atoms with E-state index in [0.29, 0.717) is 0 Å². The van der Waals surface area contributed by atoms with Crippen molar-refractivity contribution in [1.29, 1.82) is 0 Å². The standard InChI is InChI=1S/C58H42N2/c1-7-19-43(20-8-1)45-31-35-52(36-32-45)59(50-27-15-5-16-28-50)54-39-49-40-58(57(48-25-13-4-14-26-48)42-56(49)55(41-54)47-23-11-3-12-24-47)60(51-29-17-6-18-30-51)53-37-33-46(34-38-53)44-21-9-2-10-22-44/h1-42H. The van der Waals surface area contributed by atoms with Gasteiger partial charge in [0, 0.05) is 34.0 Å². The molecule has 2 heteroatoms. The van der Waals surface area contributed by atoms with E-state index in [1.807, 2.05) is 0 Å². The van der Waals surface area contributed by atoms with E-state index in [9.17, 15) is 0 Å². The maximum atomic E-state index is 2.41. The second-order valence-corrected chi connectivity index (χ2v) is 15.0. The van der Waals surface area contributed by atoms with Crippen molar-refractivity contribution in [2.75, 3.05) is 9.80 Å². The molecule has 10 aromatic rings. The molecule has 0 saturated heterocycles. The summed E-state index contributed by atoms with van der Waals surface area (Å²) in [6, 6.07) is 91.6. The zero-order valence-corrected chi connectivity index (χ0v) is 33.1. The number of para-hydroxylation sites is 2. The Morgan fingerprint density at radius 3 is 1.03 bits per heavy atom. The molecule has 10 rings (SSSR count). The Morgan fingerprint density at radius 1 is 0.217 bits per heavy atom. The molecule has 0 radical (unpaired) electrons. The second kappa shape index (κ2) is 16.5. The molecule has 0 saturated carbocycles. The summed E-state index contributed by atoms with van der Waals surface area (Å²) in [4.78, 5) is 4.78. The Kier molecular flexibility index (Phi) is 10.0. The molecule has 0 amide bonds. The van der Waals surface area contributed by atoms with Crippen molar-refractivity contribution >= 4 is 44.9 Å². The zero-order valence-electron chi connectivity index (χ0n) is 33.1. The first-order valence-corrected chi connectivity index (χ1v) is 20.5. The minimum atomic E-state index is 1.08. The smallest absolute Gasteiger partial charge is 0.0546 e. The first-order valence-electron chi connectivity index (χ1n) is 20.5. The van der Waals surface area contributed by atoms with Crippen molar-refractivity contribution in [3.8, 4) is 44.5 Å². The van der Waals surface area contributed by atoms with Crippen molar-refractivity contribution in [3.63, 3.8) is 0 Å². The van der Waals surface area contributed by atoms with E-state index >= 15 is 0 Å². The van der Waals surface area contributed by atoms with Gasteiger partial charge in [0.15, 0.2) is 0 Å². The number of fused-ring (bicyclic) bond motifs is 1. The van der Waals surface area contributed by atoms with Gasteiger partial charge in [-0.2, -0.15) is 0 Å². The summed E-state index contributed by atoms with van der Waals surface area (Å²) in [5.41, 5.74) is 16.0. The monoisotopic (exact) mass is 766 g/mol. The minimum Gasteiger partial charge on any atom is -0.310 e. The van der Waals surface area contributed by atoms with Crippen molar-refractivity contribution in [2.24, 2.45) is 0 Å². The van der Waals surface area contributed by atoms with Crippen LogP contribution in [0.1, 0.15) is 0 Å². The lowest BCUT2D eigenvalue weighted by Gasteiger charge is -2.30. The summed E-state index contributed by atoms with van der Waals surface area (Å²) in [6.45, 7) is 0. The second-order valence-electron chi connectivity index (χ2n) is 15.0. The Hall–Kier alpha value is -7.94. The molecular formula is C58H42N2. The molecule has 0 spiro atoms. The molecular weight excluding hydrogens is 725 g/mol. The van der Waals surface area contributed by atoms with Crippen LogP contribution in [0.2, 0.25) is 0 Å². The zero-order chi connectivity index (χ0) is 40.1. The lowest BCUT2D eigenvalue weighted by molar-refractivity contribution is 1.28. The predicted octanol–water partition coefficient (Wildman–Crippen LogP) is 16.4. The lowest BCUT2D eigenvalue weighted by Crippen LogP contribution is -2.12. The quantitative estimate of drug-likeness (QED) is 0.137. The van der Waals surface area contributed by atoms with Gasteiger partial charge >= 0.3 is 0 Å². The van der Waals surface area contributed by atoms with Gasteiger partial charge in [-0.3, -0.25) is 0 Å². The summed E-state index contributed by atoms with van der Waals surface area (Å²) < 4.78 is 0. The third-order valence-electron chi connectivity index (χ3n) is 11.2. The topological polar surface area (TPSA) is 6.48 Å². The van der Waals surface area contributed by atoms with Crippen LogP contribution in [0.25, 0.3) is 55.3 Å². The molecule has 0 heterocycles. The van der Waals surface area contributed by atoms with E-state index in [4.69, 9.17) is 0 Å². The predicted molar refractivity (Wildman–Crippen MR) is 255 cm³/mol. The van der Waals surface area contributed by atoms with Crippen molar-refractivity contribution in [1.82, 2.24) is 0 Å². The largest absolute Gasteiger partial charge is 0.310 e. The van der Waals surface area contributed by atoms with Crippen LogP contribution in [0, 0.1) is 0 Å². The summed E-state index contributed by atoms with van der Waals surface area (Å²) in [7, 11) is 0. The molecule has 0 N–H and O–H groups in total. The fraction of sp³-hybridized carbons (Fsp3) is 0. The molecule has 0 aliphatic heterocycles. The molecule has 2 nitrogen and oxygen atoms in total. The maximum Gasteiger partial charge on any atom is 0.0546 e. The van der Waals surface area contributed by atoms with Crippen molar-refractivity contribution in [2.45, 2.75) is 0 Å². The Balaban J connectivity index is 1.22.